The van der Waals surface area contributed by atoms with Gasteiger partial charge in [-0.2, -0.15) is 0 Å². The summed E-state index contributed by atoms with van der Waals surface area (Å²) in [6, 6.07) is -0.0323. The number of rotatable bonds is 5. The topological polar surface area (TPSA) is 50.8 Å². The largest absolute Gasteiger partial charge is 0.377 e. The van der Waals surface area contributed by atoms with Gasteiger partial charge in [-0.15, -0.1) is 0 Å². The Morgan fingerprint density at radius 1 is 1.59 bits per heavy atom. The van der Waals surface area contributed by atoms with Gasteiger partial charge in [-0.1, -0.05) is 0 Å². The molecular formula is C12H22N2O3. The maximum absolute atomic E-state index is 11.4. The van der Waals surface area contributed by atoms with E-state index < -0.39 is 0 Å². The molecule has 2 rings (SSSR count). The Kier molecular flexibility index (Phi) is 4.76. The lowest BCUT2D eigenvalue weighted by Crippen LogP contribution is -2.54. The molecule has 0 aromatic carbocycles. The van der Waals surface area contributed by atoms with Gasteiger partial charge >= 0.3 is 0 Å². The van der Waals surface area contributed by atoms with Crippen molar-refractivity contribution in [3.8, 4) is 0 Å². The van der Waals surface area contributed by atoms with Gasteiger partial charge in [0.15, 0.2) is 0 Å². The molecule has 2 saturated heterocycles. The summed E-state index contributed by atoms with van der Waals surface area (Å²) in [7, 11) is 0. The SMILES string of the molecule is CC1C(=O)NCCN1CCOCC1CCCO1. The molecule has 17 heavy (non-hydrogen) atoms. The molecule has 0 aliphatic carbocycles. The number of carbonyl (C=O) groups excluding carboxylic acids is 1. The summed E-state index contributed by atoms with van der Waals surface area (Å²) in [5.74, 6) is 0.121. The number of ether oxygens (including phenoxy) is 2. The van der Waals surface area contributed by atoms with E-state index >= 15 is 0 Å². The van der Waals surface area contributed by atoms with Gasteiger partial charge in [-0.3, -0.25) is 9.69 Å². The molecule has 2 unspecified atom stereocenters. The third kappa shape index (κ3) is 3.66. The lowest BCUT2D eigenvalue weighted by atomic mass is 10.2. The molecule has 5 nitrogen and oxygen atoms in total. The summed E-state index contributed by atoms with van der Waals surface area (Å²) >= 11 is 0. The van der Waals surface area contributed by atoms with E-state index in [0.29, 0.717) is 13.2 Å². The predicted octanol–water partition coefficient (Wildman–Crippen LogP) is 0.00230. The number of hydrogen-bond donors (Lipinski definition) is 1. The van der Waals surface area contributed by atoms with E-state index in [2.05, 4.69) is 10.2 Å². The Morgan fingerprint density at radius 3 is 3.24 bits per heavy atom. The van der Waals surface area contributed by atoms with Crippen LogP contribution in [0.4, 0.5) is 0 Å². The van der Waals surface area contributed by atoms with Gasteiger partial charge in [0.2, 0.25) is 5.91 Å². The van der Waals surface area contributed by atoms with Gasteiger partial charge in [0, 0.05) is 26.2 Å². The van der Waals surface area contributed by atoms with Crippen LogP contribution in [-0.2, 0) is 14.3 Å². The molecular weight excluding hydrogens is 220 g/mol. The van der Waals surface area contributed by atoms with Crippen LogP contribution in [-0.4, -0.2) is 62.4 Å². The first kappa shape index (κ1) is 12.8. The summed E-state index contributed by atoms with van der Waals surface area (Å²) in [6.45, 7) is 6.66. The summed E-state index contributed by atoms with van der Waals surface area (Å²) in [4.78, 5) is 13.6. The minimum atomic E-state index is -0.0323. The van der Waals surface area contributed by atoms with Gasteiger partial charge in [-0.05, 0) is 19.8 Å². The number of nitrogens with one attached hydrogen (secondary N) is 1. The number of carbonyl (C=O) groups is 1. The van der Waals surface area contributed by atoms with Crippen LogP contribution in [0.3, 0.4) is 0 Å². The smallest absolute Gasteiger partial charge is 0.237 e. The second kappa shape index (κ2) is 6.33. The molecule has 98 valence electrons. The lowest BCUT2D eigenvalue weighted by Gasteiger charge is -2.32. The molecule has 0 saturated carbocycles. The molecule has 2 aliphatic heterocycles. The summed E-state index contributed by atoms with van der Waals surface area (Å²) in [5, 5.41) is 2.86. The van der Waals surface area contributed by atoms with E-state index in [9.17, 15) is 4.79 Å². The minimum absolute atomic E-state index is 0.0323. The monoisotopic (exact) mass is 242 g/mol. The Labute approximate surface area is 102 Å². The third-order valence-electron chi connectivity index (χ3n) is 3.48. The molecule has 2 heterocycles. The highest BCUT2D eigenvalue weighted by Crippen LogP contribution is 2.12. The Balaban J connectivity index is 1.59. The Morgan fingerprint density at radius 2 is 2.47 bits per heavy atom. The summed E-state index contributed by atoms with van der Waals surface area (Å²) in [6.07, 6.45) is 2.55. The normalized spacial score (nSPS) is 30.5. The second-order valence-electron chi connectivity index (χ2n) is 4.71. The van der Waals surface area contributed by atoms with E-state index in [1.807, 2.05) is 6.92 Å². The molecule has 2 fully saturated rings. The molecule has 0 bridgehead atoms. The predicted molar refractivity (Wildman–Crippen MR) is 63.8 cm³/mol. The zero-order chi connectivity index (χ0) is 12.1. The molecule has 0 spiro atoms. The number of amides is 1. The van der Waals surface area contributed by atoms with Gasteiger partial charge in [0.1, 0.15) is 0 Å². The zero-order valence-corrected chi connectivity index (χ0v) is 10.5. The van der Waals surface area contributed by atoms with E-state index in [-0.39, 0.29) is 18.1 Å². The first-order valence-corrected chi connectivity index (χ1v) is 6.48. The first-order chi connectivity index (χ1) is 8.27. The molecule has 1 amide bonds. The van der Waals surface area contributed by atoms with Crippen LogP contribution in [0.15, 0.2) is 0 Å². The zero-order valence-electron chi connectivity index (χ0n) is 10.5. The maximum Gasteiger partial charge on any atom is 0.237 e. The quantitative estimate of drug-likeness (QED) is 0.690. The van der Waals surface area contributed by atoms with E-state index in [4.69, 9.17) is 9.47 Å². The summed E-state index contributed by atoms with van der Waals surface area (Å²) < 4.78 is 11.1. The van der Waals surface area contributed by atoms with Crippen LogP contribution in [0.25, 0.3) is 0 Å². The van der Waals surface area contributed by atoms with Crippen molar-refractivity contribution in [1.82, 2.24) is 10.2 Å². The average molecular weight is 242 g/mol. The molecule has 5 heteroatoms. The fraction of sp³-hybridized carbons (Fsp3) is 0.917. The van der Waals surface area contributed by atoms with Crippen molar-refractivity contribution in [1.29, 1.82) is 0 Å². The number of nitrogens with zero attached hydrogens (tertiary/aromatic N) is 1. The fourth-order valence-corrected chi connectivity index (χ4v) is 2.31. The van der Waals surface area contributed by atoms with E-state index in [1.165, 1.54) is 0 Å². The van der Waals surface area contributed by atoms with Gasteiger partial charge in [0.25, 0.3) is 0 Å². The van der Waals surface area contributed by atoms with Crippen molar-refractivity contribution < 1.29 is 14.3 Å². The number of hydrogen-bond acceptors (Lipinski definition) is 4. The van der Waals surface area contributed by atoms with Gasteiger partial charge < -0.3 is 14.8 Å². The van der Waals surface area contributed by atoms with Crippen LogP contribution >= 0.6 is 0 Å². The van der Waals surface area contributed by atoms with E-state index in [1.54, 1.807) is 0 Å². The Hall–Kier alpha value is -0.650. The third-order valence-corrected chi connectivity index (χ3v) is 3.48. The second-order valence-corrected chi connectivity index (χ2v) is 4.71. The molecule has 0 aromatic heterocycles. The van der Waals surface area contributed by atoms with Gasteiger partial charge in [-0.25, -0.2) is 0 Å². The highest BCUT2D eigenvalue weighted by atomic mass is 16.5. The van der Waals surface area contributed by atoms with Crippen molar-refractivity contribution >= 4 is 5.91 Å². The summed E-state index contributed by atoms with van der Waals surface area (Å²) in [5.41, 5.74) is 0. The maximum atomic E-state index is 11.4. The first-order valence-electron chi connectivity index (χ1n) is 6.48. The van der Waals surface area contributed by atoms with Gasteiger partial charge in [0.05, 0.1) is 25.4 Å². The molecule has 2 aliphatic rings. The van der Waals surface area contributed by atoms with Crippen LogP contribution in [0.2, 0.25) is 0 Å². The lowest BCUT2D eigenvalue weighted by molar-refractivity contribution is -0.128. The van der Waals surface area contributed by atoms with Crippen LogP contribution < -0.4 is 5.32 Å². The number of piperazine rings is 1. The highest BCUT2D eigenvalue weighted by Gasteiger charge is 2.24. The van der Waals surface area contributed by atoms with Crippen molar-refractivity contribution in [3.05, 3.63) is 0 Å². The molecule has 2 atom stereocenters. The van der Waals surface area contributed by atoms with Crippen LogP contribution in [0, 0.1) is 0 Å². The standard InChI is InChI=1S/C12H22N2O3/c1-10-12(15)13-4-5-14(10)6-8-16-9-11-3-2-7-17-11/h10-11H,2-9H2,1H3,(H,13,15). The fourth-order valence-electron chi connectivity index (χ4n) is 2.31. The molecule has 0 radical (unpaired) electrons. The average Bonchev–Trinajstić information content (AvgIpc) is 2.83. The van der Waals surface area contributed by atoms with Crippen molar-refractivity contribution in [3.63, 3.8) is 0 Å². The van der Waals surface area contributed by atoms with E-state index in [0.717, 1.165) is 39.1 Å². The van der Waals surface area contributed by atoms with Crippen molar-refractivity contribution in [2.75, 3.05) is 39.5 Å². The molecule has 0 aromatic rings. The molecule has 1 N–H and O–H groups in total. The Bertz CT molecular complexity index is 254. The minimum Gasteiger partial charge on any atom is -0.377 e. The van der Waals surface area contributed by atoms with Crippen LogP contribution in [0.1, 0.15) is 19.8 Å². The van der Waals surface area contributed by atoms with Crippen LogP contribution in [0.5, 0.6) is 0 Å². The van der Waals surface area contributed by atoms with Crippen molar-refractivity contribution in [2.45, 2.75) is 31.9 Å². The van der Waals surface area contributed by atoms with Crippen molar-refractivity contribution in [2.24, 2.45) is 0 Å². The highest BCUT2D eigenvalue weighted by molar-refractivity contribution is 5.81.